The first-order valence-corrected chi connectivity index (χ1v) is 15.9. The molecule has 5 unspecified atom stereocenters. The van der Waals surface area contributed by atoms with Gasteiger partial charge in [0.15, 0.2) is 0 Å². The van der Waals surface area contributed by atoms with Crippen molar-refractivity contribution in [2.45, 2.75) is 144 Å². The maximum Gasteiger partial charge on any atom is 0.354 e. The highest BCUT2D eigenvalue weighted by Crippen LogP contribution is 2.25. The summed E-state index contributed by atoms with van der Waals surface area (Å²) in [5.41, 5.74) is 0.127. The molecule has 4 N–H and O–H groups in total. The first kappa shape index (κ1) is 38.6. The molecule has 238 valence electrons. The van der Waals surface area contributed by atoms with Gasteiger partial charge >= 0.3 is 5.97 Å². The summed E-state index contributed by atoms with van der Waals surface area (Å²) in [5, 5.41) is 19.3. The minimum absolute atomic E-state index is 0.0240. The standard InChI is InChI=1S/C33H61N3O5/c1-10-12-13-14-15-16-17-18-19-20-21-22-29(41-33(40)27(8)36-32(39)28(11-2)34-9)24(5)30(37)25(6)31(38)35-26(7)23(3)4/h11,23-26,29-30,34,37H,8,10,12-22H2,1-7,9H3,(H,35,38)(H,36,39)/b28-11+. The van der Waals surface area contributed by atoms with Crippen molar-refractivity contribution in [2.75, 3.05) is 7.05 Å². The van der Waals surface area contributed by atoms with Crippen LogP contribution in [0.25, 0.3) is 0 Å². The number of unbranched alkanes of at least 4 members (excludes halogenated alkanes) is 10. The lowest BCUT2D eigenvalue weighted by molar-refractivity contribution is -0.152. The van der Waals surface area contributed by atoms with Crippen LogP contribution in [0, 0.1) is 17.8 Å². The van der Waals surface area contributed by atoms with Gasteiger partial charge in [-0.2, -0.15) is 0 Å². The van der Waals surface area contributed by atoms with E-state index in [0.717, 1.165) is 19.3 Å². The summed E-state index contributed by atoms with van der Waals surface area (Å²) >= 11 is 0. The van der Waals surface area contributed by atoms with Gasteiger partial charge in [0.2, 0.25) is 5.91 Å². The van der Waals surface area contributed by atoms with Crippen LogP contribution in [0.5, 0.6) is 0 Å². The Labute approximate surface area is 250 Å². The molecule has 0 heterocycles. The number of likely N-dealkylation sites (N-methyl/N-ethyl adjacent to an activating group) is 1. The third-order valence-electron chi connectivity index (χ3n) is 8.08. The highest BCUT2D eigenvalue weighted by Gasteiger charge is 2.34. The van der Waals surface area contributed by atoms with Gasteiger partial charge < -0.3 is 25.8 Å². The number of hydrogen-bond acceptors (Lipinski definition) is 6. The molecule has 0 spiro atoms. The van der Waals surface area contributed by atoms with E-state index in [9.17, 15) is 19.5 Å². The van der Waals surface area contributed by atoms with Gasteiger partial charge in [0.25, 0.3) is 5.91 Å². The second-order valence-corrected chi connectivity index (χ2v) is 11.8. The number of carbonyl (C=O) groups excluding carboxylic acids is 3. The van der Waals surface area contributed by atoms with Crippen molar-refractivity contribution in [3.63, 3.8) is 0 Å². The Kier molecular flexibility index (Phi) is 21.0. The minimum Gasteiger partial charge on any atom is -0.457 e. The van der Waals surface area contributed by atoms with Crippen LogP contribution in [-0.4, -0.2) is 48.2 Å². The molecule has 0 rings (SSSR count). The molecule has 0 saturated carbocycles. The third kappa shape index (κ3) is 16.0. The first-order chi connectivity index (χ1) is 19.4. The summed E-state index contributed by atoms with van der Waals surface area (Å²) in [6.45, 7) is 17.1. The molecule has 41 heavy (non-hydrogen) atoms. The largest absolute Gasteiger partial charge is 0.457 e. The van der Waals surface area contributed by atoms with E-state index in [1.165, 1.54) is 51.4 Å². The van der Waals surface area contributed by atoms with Crippen LogP contribution in [0.2, 0.25) is 0 Å². The second-order valence-electron chi connectivity index (χ2n) is 11.8. The van der Waals surface area contributed by atoms with Gasteiger partial charge in [-0.05, 0) is 32.6 Å². The highest BCUT2D eigenvalue weighted by molar-refractivity contribution is 5.99. The van der Waals surface area contributed by atoms with Crippen molar-refractivity contribution >= 4 is 17.8 Å². The van der Waals surface area contributed by atoms with E-state index < -0.39 is 35.9 Å². The van der Waals surface area contributed by atoms with Crippen molar-refractivity contribution in [3.8, 4) is 0 Å². The minimum atomic E-state index is -1.01. The van der Waals surface area contributed by atoms with Gasteiger partial charge in [-0.1, -0.05) is 111 Å². The maximum absolute atomic E-state index is 12.9. The molecule has 0 bridgehead atoms. The van der Waals surface area contributed by atoms with E-state index in [1.54, 1.807) is 33.9 Å². The molecular formula is C33H61N3O5. The van der Waals surface area contributed by atoms with Gasteiger partial charge in [-0.25, -0.2) is 4.79 Å². The SMILES string of the molecule is C=C(NC(=O)/C(=C\C)NC)C(=O)OC(CCCCCCCCCCCCC)C(C)C(O)C(C)C(=O)NC(C)C(C)C. The molecule has 0 aromatic rings. The number of allylic oxidation sites excluding steroid dienone is 1. The number of hydrogen-bond donors (Lipinski definition) is 4. The van der Waals surface area contributed by atoms with Crippen LogP contribution >= 0.6 is 0 Å². The highest BCUT2D eigenvalue weighted by atomic mass is 16.5. The van der Waals surface area contributed by atoms with Crippen molar-refractivity contribution in [1.29, 1.82) is 0 Å². The fourth-order valence-corrected chi connectivity index (χ4v) is 4.64. The van der Waals surface area contributed by atoms with Gasteiger partial charge in [-0.15, -0.1) is 0 Å². The topological polar surface area (TPSA) is 117 Å². The van der Waals surface area contributed by atoms with Crippen LogP contribution in [0.3, 0.4) is 0 Å². The van der Waals surface area contributed by atoms with E-state index in [4.69, 9.17) is 4.74 Å². The Bertz CT molecular complexity index is 811. The summed E-state index contributed by atoms with van der Waals surface area (Å²) in [5.74, 6) is -2.38. The third-order valence-corrected chi connectivity index (χ3v) is 8.08. The summed E-state index contributed by atoms with van der Waals surface area (Å²) < 4.78 is 5.80. The average molecular weight is 580 g/mol. The van der Waals surface area contributed by atoms with Gasteiger partial charge in [0.1, 0.15) is 11.8 Å². The smallest absolute Gasteiger partial charge is 0.354 e. The molecule has 2 amide bonds. The number of nitrogens with one attached hydrogen (secondary N) is 3. The number of aliphatic hydroxyl groups is 1. The van der Waals surface area contributed by atoms with Crippen molar-refractivity contribution in [3.05, 3.63) is 24.0 Å². The Morgan fingerprint density at radius 3 is 1.85 bits per heavy atom. The predicted octanol–water partition coefficient (Wildman–Crippen LogP) is 6.15. The lowest BCUT2D eigenvalue weighted by Crippen LogP contribution is -2.46. The Morgan fingerprint density at radius 1 is 0.878 bits per heavy atom. The molecule has 0 aromatic heterocycles. The first-order valence-electron chi connectivity index (χ1n) is 15.9. The number of aliphatic hydroxyl groups excluding tert-OH is 1. The zero-order valence-electron chi connectivity index (χ0n) is 27.3. The Morgan fingerprint density at radius 2 is 1.39 bits per heavy atom. The summed E-state index contributed by atoms with van der Waals surface area (Å²) in [7, 11) is 1.61. The quantitative estimate of drug-likeness (QED) is 0.0656. The van der Waals surface area contributed by atoms with Gasteiger partial charge in [0, 0.05) is 19.0 Å². The summed E-state index contributed by atoms with van der Waals surface area (Å²) in [6, 6.07) is -0.0240. The number of ether oxygens (including phenoxy) is 1. The van der Waals surface area contributed by atoms with Crippen LogP contribution in [0.15, 0.2) is 24.0 Å². The zero-order valence-corrected chi connectivity index (χ0v) is 27.3. The van der Waals surface area contributed by atoms with Crippen LogP contribution < -0.4 is 16.0 Å². The number of esters is 1. The molecule has 8 heteroatoms. The average Bonchev–Trinajstić information content (AvgIpc) is 2.94. The normalized spacial score (nSPS) is 15.4. The number of carbonyl (C=O) groups is 3. The molecule has 0 aromatic carbocycles. The van der Waals surface area contributed by atoms with E-state index in [2.05, 4.69) is 29.5 Å². The fraction of sp³-hybridized carbons (Fsp3) is 0.788. The van der Waals surface area contributed by atoms with E-state index >= 15 is 0 Å². The lowest BCUT2D eigenvalue weighted by atomic mass is 9.86. The summed E-state index contributed by atoms with van der Waals surface area (Å²) in [4.78, 5) is 38.0. The summed E-state index contributed by atoms with van der Waals surface area (Å²) in [6.07, 6.45) is 13.7. The van der Waals surface area contributed by atoms with Crippen molar-refractivity contribution in [1.82, 2.24) is 16.0 Å². The van der Waals surface area contributed by atoms with E-state index in [0.29, 0.717) is 12.1 Å². The lowest BCUT2D eigenvalue weighted by Gasteiger charge is -2.31. The predicted molar refractivity (Wildman–Crippen MR) is 168 cm³/mol. The second kappa shape index (κ2) is 22.3. The Hall–Kier alpha value is -2.35. The van der Waals surface area contributed by atoms with Crippen LogP contribution in [0.4, 0.5) is 0 Å². The molecule has 0 aliphatic carbocycles. The van der Waals surface area contributed by atoms with Gasteiger partial charge in [0.05, 0.1) is 17.7 Å². The molecule has 0 saturated heterocycles. The van der Waals surface area contributed by atoms with Crippen molar-refractivity contribution < 1.29 is 24.2 Å². The maximum atomic E-state index is 12.9. The van der Waals surface area contributed by atoms with Crippen LogP contribution in [-0.2, 0) is 19.1 Å². The number of rotatable bonds is 23. The Balaban J connectivity index is 5.16. The van der Waals surface area contributed by atoms with Gasteiger partial charge in [-0.3, -0.25) is 9.59 Å². The molecule has 0 fully saturated rings. The molecule has 8 nitrogen and oxygen atoms in total. The van der Waals surface area contributed by atoms with E-state index in [1.807, 2.05) is 20.8 Å². The van der Waals surface area contributed by atoms with E-state index in [-0.39, 0.29) is 23.6 Å². The molecule has 0 radical (unpaired) electrons. The molecule has 0 aliphatic rings. The van der Waals surface area contributed by atoms with Crippen molar-refractivity contribution in [2.24, 2.45) is 17.8 Å². The number of amides is 2. The monoisotopic (exact) mass is 579 g/mol. The molecule has 0 aliphatic heterocycles. The zero-order chi connectivity index (χ0) is 31.4. The molecule has 5 atom stereocenters. The molecular weight excluding hydrogens is 518 g/mol. The van der Waals surface area contributed by atoms with Crippen LogP contribution in [0.1, 0.15) is 126 Å². The fourth-order valence-electron chi connectivity index (χ4n) is 4.64.